The van der Waals surface area contributed by atoms with Gasteiger partial charge in [0.25, 0.3) is 0 Å². The Morgan fingerprint density at radius 1 is 1.29 bits per heavy atom. The average molecular weight is 292 g/mol. The number of carbonyl (C=O) groups excluding carboxylic acids is 1. The molecular weight excluding hydrogens is 271 g/mol. The highest BCUT2D eigenvalue weighted by molar-refractivity contribution is 6.61. The molecule has 0 bridgehead atoms. The van der Waals surface area contributed by atoms with E-state index in [-0.39, 0.29) is 13.2 Å². The molecule has 114 valence electrons. The van der Waals surface area contributed by atoms with Gasteiger partial charge in [-0.05, 0) is 11.0 Å². The van der Waals surface area contributed by atoms with Gasteiger partial charge >= 0.3 is 13.2 Å². The summed E-state index contributed by atoms with van der Waals surface area (Å²) in [6.45, 7) is 3.42. The Hall–Kier alpha value is -1.57. The summed E-state index contributed by atoms with van der Waals surface area (Å²) >= 11 is 0. The van der Waals surface area contributed by atoms with Gasteiger partial charge in [0.1, 0.15) is 0 Å². The van der Waals surface area contributed by atoms with Crippen LogP contribution in [0, 0.1) is 0 Å². The number of rotatable bonds is 3. The summed E-state index contributed by atoms with van der Waals surface area (Å²) in [5, 5.41) is 3.21. The van der Waals surface area contributed by atoms with Gasteiger partial charge in [-0.3, -0.25) is 0 Å². The molecule has 1 fully saturated rings. The topological polar surface area (TPSA) is 60.0 Å². The van der Waals surface area contributed by atoms with Gasteiger partial charge in [0, 0.05) is 39.9 Å². The van der Waals surface area contributed by atoms with Crippen LogP contribution in [0.25, 0.3) is 0 Å². The molecule has 2 rings (SSSR count). The monoisotopic (exact) mass is 292 g/mol. The van der Waals surface area contributed by atoms with Crippen LogP contribution >= 0.6 is 0 Å². The Morgan fingerprint density at radius 3 is 2.48 bits per heavy atom. The first-order valence-electron chi connectivity index (χ1n) is 7.02. The van der Waals surface area contributed by atoms with E-state index in [0.29, 0.717) is 19.8 Å². The van der Waals surface area contributed by atoms with Crippen LogP contribution in [0.4, 0.5) is 4.79 Å². The summed E-state index contributed by atoms with van der Waals surface area (Å²) in [6, 6.07) is 7.89. The zero-order valence-electron chi connectivity index (χ0n) is 12.5. The molecule has 1 aliphatic rings. The Kier molecular flexibility index (Phi) is 6.04. The summed E-state index contributed by atoms with van der Waals surface area (Å²) in [4.78, 5) is 12.9. The minimum absolute atomic E-state index is 0.320. The molecule has 1 aromatic rings. The van der Waals surface area contributed by atoms with Gasteiger partial charge in [0.2, 0.25) is 0 Å². The van der Waals surface area contributed by atoms with Crippen molar-refractivity contribution < 1.29 is 18.8 Å². The van der Waals surface area contributed by atoms with Crippen molar-refractivity contribution in [2.45, 2.75) is 6.54 Å². The number of benzene rings is 1. The lowest BCUT2D eigenvalue weighted by Gasteiger charge is -2.19. The fourth-order valence-electron chi connectivity index (χ4n) is 2.12. The van der Waals surface area contributed by atoms with Crippen molar-refractivity contribution in [3.63, 3.8) is 0 Å². The number of hydrogen-bond acceptors (Lipinski definition) is 5. The van der Waals surface area contributed by atoms with Crippen LogP contribution in [0.1, 0.15) is 5.56 Å². The normalized spacial score (nSPS) is 16.0. The summed E-state index contributed by atoms with van der Waals surface area (Å²) in [6.07, 6.45) is -0.349. The maximum absolute atomic E-state index is 11.4. The molecule has 0 aliphatic carbocycles. The van der Waals surface area contributed by atoms with Crippen molar-refractivity contribution in [2.75, 3.05) is 40.5 Å². The molecule has 0 aromatic heterocycles. The first-order valence-corrected chi connectivity index (χ1v) is 7.02. The van der Waals surface area contributed by atoms with E-state index in [9.17, 15) is 4.79 Å². The second-order valence-corrected chi connectivity index (χ2v) is 4.89. The van der Waals surface area contributed by atoms with Gasteiger partial charge in [-0.15, -0.1) is 0 Å². The van der Waals surface area contributed by atoms with Gasteiger partial charge in [0.15, 0.2) is 0 Å². The number of nitrogens with zero attached hydrogens (tertiary/aromatic N) is 1. The number of methoxy groups -OCH3 is 1. The lowest BCUT2D eigenvalue weighted by Crippen LogP contribution is -2.43. The molecule has 7 heteroatoms. The Labute approximate surface area is 125 Å². The average Bonchev–Trinajstić information content (AvgIpc) is 2.47. The van der Waals surface area contributed by atoms with Crippen LogP contribution in [0.5, 0.6) is 0 Å². The number of amides is 1. The SMILES string of the molecule is COC(=O)N(C)Cc1ccc(B2OCCNCCO2)cc1. The van der Waals surface area contributed by atoms with E-state index in [1.165, 1.54) is 12.0 Å². The molecule has 1 saturated heterocycles. The molecule has 0 spiro atoms. The number of ether oxygens (including phenoxy) is 1. The van der Waals surface area contributed by atoms with E-state index in [1.54, 1.807) is 7.05 Å². The predicted octanol–water partition coefficient (Wildman–Crippen LogP) is 0.216. The maximum atomic E-state index is 11.4. The molecule has 0 unspecified atom stereocenters. The Morgan fingerprint density at radius 2 is 1.90 bits per heavy atom. The molecule has 0 atom stereocenters. The van der Waals surface area contributed by atoms with E-state index in [0.717, 1.165) is 24.1 Å². The predicted molar refractivity (Wildman–Crippen MR) is 80.5 cm³/mol. The molecular formula is C14H21BN2O4. The van der Waals surface area contributed by atoms with Gasteiger partial charge in [-0.1, -0.05) is 24.3 Å². The van der Waals surface area contributed by atoms with E-state index >= 15 is 0 Å². The highest BCUT2D eigenvalue weighted by Crippen LogP contribution is 2.04. The molecule has 1 N–H and O–H groups in total. The minimum Gasteiger partial charge on any atom is -0.453 e. The molecule has 0 radical (unpaired) electrons. The molecule has 0 saturated carbocycles. The second-order valence-electron chi connectivity index (χ2n) is 4.89. The third kappa shape index (κ3) is 4.73. The highest BCUT2D eigenvalue weighted by atomic mass is 16.6. The summed E-state index contributed by atoms with van der Waals surface area (Å²) < 4.78 is 16.0. The third-order valence-corrected chi connectivity index (χ3v) is 3.25. The smallest absolute Gasteiger partial charge is 0.453 e. The van der Waals surface area contributed by atoms with Crippen LogP contribution in [0.15, 0.2) is 24.3 Å². The first kappa shape index (κ1) is 15.8. The quantitative estimate of drug-likeness (QED) is 0.807. The van der Waals surface area contributed by atoms with E-state index in [2.05, 4.69) is 10.1 Å². The fourth-order valence-corrected chi connectivity index (χ4v) is 2.12. The Bertz CT molecular complexity index is 447. The number of carbonyl (C=O) groups is 1. The van der Waals surface area contributed by atoms with Crippen molar-refractivity contribution in [3.8, 4) is 0 Å². The van der Waals surface area contributed by atoms with Gasteiger partial charge < -0.3 is 24.3 Å². The molecule has 1 amide bonds. The van der Waals surface area contributed by atoms with Crippen molar-refractivity contribution in [1.82, 2.24) is 10.2 Å². The van der Waals surface area contributed by atoms with Crippen LogP contribution < -0.4 is 10.8 Å². The van der Waals surface area contributed by atoms with Crippen LogP contribution in [0.3, 0.4) is 0 Å². The lowest BCUT2D eigenvalue weighted by atomic mass is 9.78. The van der Waals surface area contributed by atoms with Crippen LogP contribution in [-0.4, -0.2) is 58.6 Å². The summed E-state index contributed by atoms with van der Waals surface area (Å²) in [5.41, 5.74) is 2.01. The second kappa shape index (κ2) is 8.02. The van der Waals surface area contributed by atoms with E-state index in [1.807, 2.05) is 24.3 Å². The van der Waals surface area contributed by atoms with Gasteiger partial charge in [0.05, 0.1) is 7.11 Å². The van der Waals surface area contributed by atoms with Crippen LogP contribution in [-0.2, 0) is 20.6 Å². The molecule has 1 aliphatic heterocycles. The molecule has 1 aromatic carbocycles. The van der Waals surface area contributed by atoms with Crippen molar-refractivity contribution in [3.05, 3.63) is 29.8 Å². The zero-order chi connectivity index (χ0) is 15.1. The highest BCUT2D eigenvalue weighted by Gasteiger charge is 2.22. The van der Waals surface area contributed by atoms with Crippen molar-refractivity contribution in [2.24, 2.45) is 0 Å². The first-order chi connectivity index (χ1) is 10.2. The summed E-state index contributed by atoms with van der Waals surface area (Å²) in [5.74, 6) is 0. The maximum Gasteiger partial charge on any atom is 0.493 e. The Balaban J connectivity index is 1.95. The molecule has 6 nitrogen and oxygen atoms in total. The van der Waals surface area contributed by atoms with Crippen LogP contribution in [0.2, 0.25) is 0 Å². The van der Waals surface area contributed by atoms with E-state index < -0.39 is 0 Å². The summed E-state index contributed by atoms with van der Waals surface area (Å²) in [7, 11) is 2.76. The number of hydrogen-bond donors (Lipinski definition) is 1. The fraction of sp³-hybridized carbons (Fsp3) is 0.500. The van der Waals surface area contributed by atoms with Gasteiger partial charge in [-0.25, -0.2) is 4.79 Å². The van der Waals surface area contributed by atoms with Crippen molar-refractivity contribution >= 4 is 18.7 Å². The number of nitrogens with one attached hydrogen (secondary N) is 1. The molecule has 21 heavy (non-hydrogen) atoms. The van der Waals surface area contributed by atoms with E-state index in [4.69, 9.17) is 9.31 Å². The van der Waals surface area contributed by atoms with Gasteiger partial charge in [-0.2, -0.15) is 0 Å². The third-order valence-electron chi connectivity index (χ3n) is 3.25. The standard InChI is InChI=1S/C14H21BN2O4/c1-17(14(18)19-2)11-12-3-5-13(6-4-12)15-20-9-7-16-8-10-21-15/h3-6,16H,7-11H2,1-2H3. The molecule has 1 heterocycles. The zero-order valence-corrected chi connectivity index (χ0v) is 12.5. The largest absolute Gasteiger partial charge is 0.493 e. The minimum atomic E-state index is -0.349. The lowest BCUT2D eigenvalue weighted by molar-refractivity contribution is 0.131. The van der Waals surface area contributed by atoms with Crippen molar-refractivity contribution in [1.29, 1.82) is 0 Å².